The average molecular weight is 484 g/mol. The minimum Gasteiger partial charge on any atom is -0.477 e. The predicted molar refractivity (Wildman–Crippen MR) is 142 cm³/mol. The second-order valence-corrected chi connectivity index (χ2v) is 11.0. The van der Waals surface area contributed by atoms with Crippen molar-refractivity contribution in [3.05, 3.63) is 83.6 Å². The summed E-state index contributed by atoms with van der Waals surface area (Å²) in [7, 11) is 0. The van der Waals surface area contributed by atoms with Crippen molar-refractivity contribution >= 4 is 29.1 Å². The van der Waals surface area contributed by atoms with Gasteiger partial charge in [-0.05, 0) is 109 Å². The van der Waals surface area contributed by atoms with Gasteiger partial charge in [0.1, 0.15) is 5.82 Å². The number of amides is 1. The van der Waals surface area contributed by atoms with E-state index < -0.39 is 5.97 Å². The van der Waals surface area contributed by atoms with Gasteiger partial charge in [-0.3, -0.25) is 4.79 Å². The van der Waals surface area contributed by atoms with E-state index in [9.17, 15) is 9.59 Å². The van der Waals surface area contributed by atoms with E-state index in [1.807, 2.05) is 12.1 Å². The number of aromatic nitrogens is 1. The highest BCUT2D eigenvalue weighted by molar-refractivity contribution is 6.04. The van der Waals surface area contributed by atoms with E-state index in [2.05, 4.69) is 41.6 Å². The Morgan fingerprint density at radius 1 is 0.889 bits per heavy atom. The summed E-state index contributed by atoms with van der Waals surface area (Å²) in [4.78, 5) is 28.0. The van der Waals surface area contributed by atoms with Crippen molar-refractivity contribution < 1.29 is 14.7 Å². The van der Waals surface area contributed by atoms with Crippen LogP contribution in [0.15, 0.2) is 66.7 Å². The molecule has 0 spiro atoms. The Kier molecular flexibility index (Phi) is 6.52. The number of carboxylic acid groups (broad SMARTS) is 1. The number of nitrogens with zero attached hydrogens (tertiary/aromatic N) is 1. The number of anilines is 3. The van der Waals surface area contributed by atoms with Gasteiger partial charge in [-0.2, -0.15) is 0 Å². The van der Waals surface area contributed by atoms with Crippen LogP contribution in [0.4, 0.5) is 17.2 Å². The lowest BCUT2D eigenvalue weighted by molar-refractivity contribution is 0.0690. The third-order valence-corrected chi connectivity index (χ3v) is 7.84. The van der Waals surface area contributed by atoms with Crippen molar-refractivity contribution in [2.45, 2.75) is 51.4 Å². The van der Waals surface area contributed by atoms with Gasteiger partial charge in [-0.1, -0.05) is 32.0 Å². The summed E-state index contributed by atoms with van der Waals surface area (Å²) in [5, 5.41) is 15.2. The van der Waals surface area contributed by atoms with Gasteiger partial charge < -0.3 is 15.7 Å². The van der Waals surface area contributed by atoms with Crippen LogP contribution in [0.2, 0.25) is 0 Å². The molecular weight excluding hydrogens is 450 g/mol. The van der Waals surface area contributed by atoms with Crippen LogP contribution in [0.1, 0.15) is 72.4 Å². The molecule has 2 aliphatic carbocycles. The topological polar surface area (TPSA) is 91.3 Å². The quantitative estimate of drug-likeness (QED) is 0.355. The molecule has 0 saturated heterocycles. The number of nitrogens with one attached hydrogen (secondary N) is 2. The summed E-state index contributed by atoms with van der Waals surface area (Å²) in [6, 6.07) is 20.2. The van der Waals surface area contributed by atoms with Crippen LogP contribution in [-0.2, 0) is 5.41 Å². The van der Waals surface area contributed by atoms with E-state index in [0.29, 0.717) is 17.1 Å². The Hall–Kier alpha value is -3.67. The molecule has 2 unspecified atom stereocenters. The van der Waals surface area contributed by atoms with E-state index in [1.165, 1.54) is 43.7 Å². The first kappa shape index (κ1) is 24.0. The third kappa shape index (κ3) is 5.27. The molecule has 0 radical (unpaired) electrons. The van der Waals surface area contributed by atoms with Crippen LogP contribution in [0, 0.1) is 17.8 Å². The van der Waals surface area contributed by atoms with Crippen LogP contribution < -0.4 is 10.6 Å². The van der Waals surface area contributed by atoms with Crippen LogP contribution >= 0.6 is 0 Å². The molecule has 2 aromatic carbocycles. The summed E-state index contributed by atoms with van der Waals surface area (Å²) in [5.74, 6) is 1.71. The first-order chi connectivity index (χ1) is 17.3. The second-order valence-electron chi connectivity index (χ2n) is 11.0. The summed E-state index contributed by atoms with van der Waals surface area (Å²) >= 11 is 0. The summed E-state index contributed by atoms with van der Waals surface area (Å²) in [6.07, 6.45) is 6.64. The number of pyridine rings is 1. The van der Waals surface area contributed by atoms with E-state index >= 15 is 0 Å². The maximum atomic E-state index is 12.8. The summed E-state index contributed by atoms with van der Waals surface area (Å²) in [6.45, 7) is 4.82. The van der Waals surface area contributed by atoms with E-state index in [0.717, 1.165) is 23.4 Å². The number of fused-ring (bicyclic) bond motifs is 2. The predicted octanol–water partition coefficient (Wildman–Crippen LogP) is 6.88. The zero-order valence-corrected chi connectivity index (χ0v) is 20.8. The molecule has 2 aliphatic rings. The van der Waals surface area contributed by atoms with E-state index in [-0.39, 0.29) is 17.0 Å². The molecule has 1 amide bonds. The lowest BCUT2D eigenvalue weighted by atomic mass is 9.57. The van der Waals surface area contributed by atoms with Crippen LogP contribution in [-0.4, -0.2) is 22.0 Å². The van der Waals surface area contributed by atoms with Crippen molar-refractivity contribution in [1.82, 2.24) is 4.98 Å². The molecule has 2 bridgehead atoms. The highest BCUT2D eigenvalue weighted by Gasteiger charge is 2.41. The van der Waals surface area contributed by atoms with Gasteiger partial charge in [0, 0.05) is 16.9 Å². The van der Waals surface area contributed by atoms with Gasteiger partial charge in [-0.25, -0.2) is 9.78 Å². The Labute approximate surface area is 212 Å². The molecule has 3 aromatic rings. The van der Waals surface area contributed by atoms with Gasteiger partial charge in [0.25, 0.3) is 5.91 Å². The summed E-state index contributed by atoms with van der Waals surface area (Å²) in [5.41, 5.74) is 3.60. The van der Waals surface area contributed by atoms with Gasteiger partial charge in [-0.15, -0.1) is 0 Å². The number of carbonyl (C=O) groups is 2. The largest absolute Gasteiger partial charge is 0.477 e. The van der Waals surface area contributed by atoms with Crippen LogP contribution in [0.5, 0.6) is 0 Å². The number of carboxylic acids is 1. The standard InChI is InChI=1S/C30H33N3O3/c1-19-14-20-16-21(15-19)18-30(2,17-20)23-8-12-25(13-9-23)32-28(34)22-6-10-24(11-7-22)31-27-5-3-4-26(33-27)29(35)36/h3-13,19-21H,14-18H2,1-2H3,(H,31,33)(H,32,34)(H,35,36). The monoisotopic (exact) mass is 483 g/mol. The van der Waals surface area contributed by atoms with Crippen LogP contribution in [0.25, 0.3) is 0 Å². The zero-order valence-electron chi connectivity index (χ0n) is 20.8. The van der Waals surface area contributed by atoms with Gasteiger partial charge in [0.2, 0.25) is 0 Å². The highest BCUT2D eigenvalue weighted by Crippen LogP contribution is 2.51. The molecule has 1 heterocycles. The Bertz CT molecular complexity index is 1240. The van der Waals surface area contributed by atoms with Crippen molar-refractivity contribution in [3.8, 4) is 0 Å². The van der Waals surface area contributed by atoms with Crippen LogP contribution in [0.3, 0.4) is 0 Å². The Morgan fingerprint density at radius 2 is 1.53 bits per heavy atom. The molecule has 2 atom stereocenters. The second kappa shape index (κ2) is 9.76. The number of carbonyl (C=O) groups excluding carboxylic acids is 1. The molecule has 1 aromatic heterocycles. The number of hydrogen-bond donors (Lipinski definition) is 3. The minimum atomic E-state index is -1.08. The SMILES string of the molecule is CC1CC2CC(C1)CC(C)(c1ccc(NC(=O)c3ccc(Nc4cccc(C(=O)O)n4)cc3)cc1)C2. The molecular formula is C30H33N3O3. The minimum absolute atomic E-state index is 0.0306. The third-order valence-electron chi connectivity index (χ3n) is 7.84. The maximum Gasteiger partial charge on any atom is 0.354 e. The Balaban J connectivity index is 1.21. The average Bonchev–Trinajstić information content (AvgIpc) is 2.84. The molecule has 36 heavy (non-hydrogen) atoms. The number of hydrogen-bond acceptors (Lipinski definition) is 4. The lowest BCUT2D eigenvalue weighted by Gasteiger charge is -2.47. The maximum absolute atomic E-state index is 12.8. The number of rotatable bonds is 6. The molecule has 2 fully saturated rings. The zero-order chi connectivity index (χ0) is 25.3. The number of benzene rings is 2. The van der Waals surface area contributed by atoms with Gasteiger partial charge in [0.15, 0.2) is 5.69 Å². The van der Waals surface area contributed by atoms with Crippen molar-refractivity contribution in [2.75, 3.05) is 10.6 Å². The van der Waals surface area contributed by atoms with Gasteiger partial charge in [0.05, 0.1) is 0 Å². The van der Waals surface area contributed by atoms with Crippen molar-refractivity contribution in [2.24, 2.45) is 17.8 Å². The van der Waals surface area contributed by atoms with Crippen molar-refractivity contribution in [1.29, 1.82) is 0 Å². The molecule has 0 aliphatic heterocycles. The first-order valence-corrected chi connectivity index (χ1v) is 12.8. The number of aromatic carboxylic acids is 1. The molecule has 6 heteroatoms. The van der Waals surface area contributed by atoms with Gasteiger partial charge >= 0.3 is 5.97 Å². The fraction of sp³-hybridized carbons (Fsp3) is 0.367. The highest BCUT2D eigenvalue weighted by atomic mass is 16.4. The molecule has 6 nitrogen and oxygen atoms in total. The Morgan fingerprint density at radius 3 is 2.17 bits per heavy atom. The van der Waals surface area contributed by atoms with Crippen molar-refractivity contribution in [3.63, 3.8) is 0 Å². The molecule has 3 N–H and O–H groups in total. The van der Waals surface area contributed by atoms with E-state index in [4.69, 9.17) is 5.11 Å². The molecule has 5 rings (SSSR count). The fourth-order valence-corrected chi connectivity index (χ4v) is 6.46. The first-order valence-electron chi connectivity index (χ1n) is 12.8. The summed E-state index contributed by atoms with van der Waals surface area (Å²) < 4.78 is 0. The van der Waals surface area contributed by atoms with E-state index in [1.54, 1.807) is 36.4 Å². The fourth-order valence-electron chi connectivity index (χ4n) is 6.46. The smallest absolute Gasteiger partial charge is 0.354 e. The molecule has 2 saturated carbocycles. The normalized spacial score (nSPS) is 25.1. The molecule has 186 valence electrons. The lowest BCUT2D eigenvalue weighted by Crippen LogP contribution is -2.38.